The van der Waals surface area contributed by atoms with Crippen LogP contribution in [0.4, 0.5) is 0 Å². The number of aliphatic hydroxyl groups excluding tert-OH is 1. The molecule has 0 aliphatic heterocycles. The Bertz CT molecular complexity index is 581. The maximum atomic E-state index is 10.3. The highest BCUT2D eigenvalue weighted by Gasteiger charge is 2.17. The highest BCUT2D eigenvalue weighted by Crippen LogP contribution is 2.33. The van der Waals surface area contributed by atoms with Gasteiger partial charge in [0.2, 0.25) is 0 Å². The zero-order valence-corrected chi connectivity index (χ0v) is 13.6. The molecule has 0 saturated carbocycles. The zero-order valence-electron chi connectivity index (χ0n) is 9.71. The first-order valence-corrected chi connectivity index (χ1v) is 7.47. The van der Waals surface area contributed by atoms with Crippen molar-refractivity contribution >= 4 is 50.7 Å². The van der Waals surface area contributed by atoms with Gasteiger partial charge in [-0.25, -0.2) is 0 Å². The van der Waals surface area contributed by atoms with E-state index in [0.717, 1.165) is 10.0 Å². The van der Waals surface area contributed by atoms with E-state index in [2.05, 4.69) is 15.9 Å². The van der Waals surface area contributed by atoms with Crippen LogP contribution >= 0.6 is 50.7 Å². The Labute approximate surface area is 135 Å². The van der Waals surface area contributed by atoms with Crippen LogP contribution in [0.2, 0.25) is 15.1 Å². The number of benzene rings is 2. The summed E-state index contributed by atoms with van der Waals surface area (Å²) in [5.41, 5.74) is 1.37. The molecule has 1 N–H and O–H groups in total. The van der Waals surface area contributed by atoms with Crippen LogP contribution in [0.15, 0.2) is 40.9 Å². The molecule has 0 heterocycles. The predicted molar refractivity (Wildman–Crippen MR) is 84.3 cm³/mol. The Hall–Kier alpha value is -0.250. The Morgan fingerprint density at radius 2 is 1.63 bits per heavy atom. The van der Waals surface area contributed by atoms with Crippen molar-refractivity contribution in [2.75, 3.05) is 0 Å². The fraction of sp³-hybridized carbons (Fsp3) is 0.143. The lowest BCUT2D eigenvalue weighted by molar-refractivity contribution is 0.178. The second kappa shape index (κ2) is 6.47. The summed E-state index contributed by atoms with van der Waals surface area (Å²) < 4.78 is 0.895. The summed E-state index contributed by atoms with van der Waals surface area (Å²) in [5.74, 6) is 0. The highest BCUT2D eigenvalue weighted by atomic mass is 79.9. The first kappa shape index (κ1) is 15.1. The summed E-state index contributed by atoms with van der Waals surface area (Å²) in [6.07, 6.45) is -0.435. The molecule has 0 fully saturated rings. The molecule has 0 bridgehead atoms. The summed E-state index contributed by atoms with van der Waals surface area (Å²) in [5, 5.41) is 11.8. The van der Waals surface area contributed by atoms with Gasteiger partial charge in [-0.2, -0.15) is 0 Å². The molecule has 2 aromatic carbocycles. The smallest absolute Gasteiger partial charge is 0.0859 e. The third-order valence-corrected chi connectivity index (χ3v) is 4.27. The normalized spacial score (nSPS) is 12.5. The summed E-state index contributed by atoms with van der Waals surface area (Å²) >= 11 is 21.6. The van der Waals surface area contributed by atoms with E-state index in [9.17, 15) is 5.11 Å². The van der Waals surface area contributed by atoms with E-state index in [4.69, 9.17) is 34.8 Å². The van der Waals surface area contributed by atoms with Gasteiger partial charge in [-0.05, 0) is 29.8 Å². The third-order valence-electron chi connectivity index (χ3n) is 2.76. The maximum Gasteiger partial charge on any atom is 0.0859 e. The van der Waals surface area contributed by atoms with Crippen molar-refractivity contribution in [3.05, 3.63) is 67.1 Å². The molecular formula is C14H10BrCl3O. The van der Waals surface area contributed by atoms with Gasteiger partial charge in [0.05, 0.1) is 6.10 Å². The SMILES string of the molecule is OC(Cc1ccc(Br)cc1Cl)c1c(Cl)cccc1Cl. The van der Waals surface area contributed by atoms with Crippen LogP contribution in [-0.4, -0.2) is 5.11 Å². The Balaban J connectivity index is 2.28. The molecule has 0 aliphatic carbocycles. The van der Waals surface area contributed by atoms with Gasteiger partial charge in [-0.1, -0.05) is 62.9 Å². The molecule has 0 aliphatic rings. The number of hydrogen-bond acceptors (Lipinski definition) is 1. The Morgan fingerprint density at radius 1 is 1.00 bits per heavy atom. The minimum atomic E-state index is -0.792. The van der Waals surface area contributed by atoms with E-state index < -0.39 is 6.10 Å². The summed E-state index contributed by atoms with van der Waals surface area (Å²) in [6, 6.07) is 10.7. The van der Waals surface area contributed by atoms with Crippen LogP contribution in [-0.2, 0) is 6.42 Å². The topological polar surface area (TPSA) is 20.2 Å². The molecule has 100 valence electrons. The van der Waals surface area contributed by atoms with Gasteiger partial charge in [0, 0.05) is 31.5 Å². The highest BCUT2D eigenvalue weighted by molar-refractivity contribution is 9.10. The molecule has 2 rings (SSSR count). The molecule has 0 radical (unpaired) electrons. The fourth-order valence-electron chi connectivity index (χ4n) is 1.83. The fourth-order valence-corrected chi connectivity index (χ4v) is 3.23. The largest absolute Gasteiger partial charge is 0.388 e. The van der Waals surface area contributed by atoms with E-state index in [-0.39, 0.29) is 0 Å². The van der Waals surface area contributed by atoms with E-state index in [0.29, 0.717) is 27.1 Å². The van der Waals surface area contributed by atoms with Crippen molar-refractivity contribution in [1.82, 2.24) is 0 Å². The molecule has 0 spiro atoms. The van der Waals surface area contributed by atoms with Crippen molar-refractivity contribution in [1.29, 1.82) is 0 Å². The van der Waals surface area contributed by atoms with Gasteiger partial charge in [-0.15, -0.1) is 0 Å². The standard InChI is InChI=1S/C14H10BrCl3O/c15-9-5-4-8(12(18)7-9)6-13(19)14-10(16)2-1-3-11(14)17/h1-5,7,13,19H,6H2. The van der Waals surface area contributed by atoms with Crippen LogP contribution in [0.1, 0.15) is 17.2 Å². The third kappa shape index (κ3) is 3.65. The van der Waals surface area contributed by atoms with Crippen LogP contribution < -0.4 is 0 Å². The molecular weight excluding hydrogens is 370 g/mol. The van der Waals surface area contributed by atoms with E-state index in [1.807, 2.05) is 12.1 Å². The molecule has 5 heteroatoms. The number of hydrogen-bond donors (Lipinski definition) is 1. The van der Waals surface area contributed by atoms with Gasteiger partial charge >= 0.3 is 0 Å². The molecule has 1 nitrogen and oxygen atoms in total. The molecule has 0 amide bonds. The Kier molecular flexibility index (Phi) is 5.15. The molecule has 0 aromatic heterocycles. The van der Waals surface area contributed by atoms with Crippen LogP contribution in [0.25, 0.3) is 0 Å². The molecule has 19 heavy (non-hydrogen) atoms. The van der Waals surface area contributed by atoms with E-state index >= 15 is 0 Å². The Morgan fingerprint density at radius 3 is 2.21 bits per heavy atom. The van der Waals surface area contributed by atoms with Crippen LogP contribution in [0.5, 0.6) is 0 Å². The van der Waals surface area contributed by atoms with Crippen molar-refractivity contribution in [3.8, 4) is 0 Å². The molecule has 0 saturated heterocycles. The lowest BCUT2D eigenvalue weighted by Gasteiger charge is -2.15. The van der Waals surface area contributed by atoms with E-state index in [1.54, 1.807) is 24.3 Å². The van der Waals surface area contributed by atoms with Gasteiger partial charge in [0.25, 0.3) is 0 Å². The van der Waals surface area contributed by atoms with E-state index in [1.165, 1.54) is 0 Å². The number of aliphatic hydroxyl groups is 1. The first-order valence-electron chi connectivity index (χ1n) is 5.55. The first-order chi connectivity index (χ1) is 8.99. The zero-order chi connectivity index (χ0) is 14.0. The lowest BCUT2D eigenvalue weighted by Crippen LogP contribution is -2.04. The van der Waals surface area contributed by atoms with Gasteiger partial charge < -0.3 is 5.11 Å². The summed E-state index contributed by atoms with van der Waals surface area (Å²) in [7, 11) is 0. The summed E-state index contributed by atoms with van der Waals surface area (Å²) in [6.45, 7) is 0. The van der Waals surface area contributed by atoms with Gasteiger partial charge in [-0.3, -0.25) is 0 Å². The van der Waals surface area contributed by atoms with Crippen molar-refractivity contribution in [2.45, 2.75) is 12.5 Å². The van der Waals surface area contributed by atoms with Crippen molar-refractivity contribution < 1.29 is 5.11 Å². The van der Waals surface area contributed by atoms with Crippen molar-refractivity contribution in [2.24, 2.45) is 0 Å². The summed E-state index contributed by atoms with van der Waals surface area (Å²) in [4.78, 5) is 0. The maximum absolute atomic E-state index is 10.3. The quantitative estimate of drug-likeness (QED) is 0.726. The molecule has 1 atom stereocenters. The second-order valence-electron chi connectivity index (χ2n) is 4.09. The van der Waals surface area contributed by atoms with Gasteiger partial charge in [0.15, 0.2) is 0 Å². The van der Waals surface area contributed by atoms with Gasteiger partial charge in [0.1, 0.15) is 0 Å². The predicted octanol–water partition coefficient (Wildman–Crippen LogP) is 5.69. The minimum absolute atomic E-state index is 0.357. The van der Waals surface area contributed by atoms with Crippen molar-refractivity contribution in [3.63, 3.8) is 0 Å². The monoisotopic (exact) mass is 378 g/mol. The average molecular weight is 380 g/mol. The number of rotatable bonds is 3. The van der Waals surface area contributed by atoms with Crippen LogP contribution in [0, 0.1) is 0 Å². The van der Waals surface area contributed by atoms with Crippen LogP contribution in [0.3, 0.4) is 0 Å². The number of halogens is 4. The minimum Gasteiger partial charge on any atom is -0.388 e. The average Bonchev–Trinajstić information content (AvgIpc) is 2.32. The second-order valence-corrected chi connectivity index (χ2v) is 6.23. The molecule has 1 unspecified atom stereocenters. The molecule has 2 aromatic rings. The lowest BCUT2D eigenvalue weighted by atomic mass is 10.0.